The van der Waals surface area contributed by atoms with Gasteiger partial charge in [-0.15, -0.1) is 11.1 Å². The fraction of sp³-hybridized carbons (Fsp3) is 0.391. The minimum atomic E-state index is 0. The number of benzene rings is 2. The van der Waals surface area contributed by atoms with Gasteiger partial charge in [-0.3, -0.25) is 0 Å². The summed E-state index contributed by atoms with van der Waals surface area (Å²) in [6, 6.07) is 15.2. The van der Waals surface area contributed by atoms with Gasteiger partial charge in [-0.25, -0.2) is 0 Å². The van der Waals surface area contributed by atoms with Crippen molar-refractivity contribution in [2.75, 3.05) is 0 Å². The summed E-state index contributed by atoms with van der Waals surface area (Å²) in [5, 5.41) is 0. The molecule has 0 heterocycles. The van der Waals surface area contributed by atoms with E-state index in [1.165, 1.54) is 33.4 Å². The average molecular weight is 486 g/mol. The number of rotatable bonds is 0. The van der Waals surface area contributed by atoms with Crippen LogP contribution < -0.4 is 0 Å². The van der Waals surface area contributed by atoms with Crippen LogP contribution in [0.3, 0.4) is 0 Å². The zero-order valence-electron chi connectivity index (χ0n) is 16.6. The van der Waals surface area contributed by atoms with Crippen molar-refractivity contribution < 1.29 is 25.8 Å². The Morgan fingerprint density at radius 2 is 1.38 bits per heavy atom. The second kappa shape index (κ2) is 7.68. The maximum absolute atomic E-state index is 3.67. The maximum atomic E-state index is 3.67. The summed E-state index contributed by atoms with van der Waals surface area (Å²) in [7, 11) is 0. The van der Waals surface area contributed by atoms with E-state index in [4.69, 9.17) is 0 Å². The normalized spacial score (nSPS) is 12.2. The van der Waals surface area contributed by atoms with Crippen molar-refractivity contribution in [1.29, 1.82) is 0 Å². The fourth-order valence-corrected chi connectivity index (χ4v) is 3.03. The van der Waals surface area contributed by atoms with Gasteiger partial charge in [0.05, 0.1) is 0 Å². The molecule has 0 radical (unpaired) electrons. The van der Waals surface area contributed by atoms with Gasteiger partial charge in [-0.05, 0) is 28.4 Å². The molecule has 0 aromatic heterocycles. The van der Waals surface area contributed by atoms with Gasteiger partial charge in [0.1, 0.15) is 0 Å². The largest absolute Gasteiger partial charge is 4.00 e. The molecule has 1 aliphatic carbocycles. The Labute approximate surface area is 168 Å². The van der Waals surface area contributed by atoms with Crippen LogP contribution in [0.15, 0.2) is 30.3 Å². The third kappa shape index (κ3) is 4.28. The SMILES string of the molecule is CC(C)(C)c1[c-]c2c(cc1)-c1ccc(C(C)(C)C)cc1C2.[CH3-].[CH3-].[Hf+4]. The van der Waals surface area contributed by atoms with Crippen LogP contribution in [0.1, 0.15) is 63.8 Å². The van der Waals surface area contributed by atoms with Crippen LogP contribution in [0.25, 0.3) is 11.1 Å². The molecule has 0 saturated carbocycles. The van der Waals surface area contributed by atoms with Gasteiger partial charge >= 0.3 is 25.8 Å². The van der Waals surface area contributed by atoms with Crippen molar-refractivity contribution >= 4 is 0 Å². The van der Waals surface area contributed by atoms with Crippen LogP contribution >= 0.6 is 0 Å². The van der Waals surface area contributed by atoms with Crippen molar-refractivity contribution in [3.8, 4) is 11.1 Å². The summed E-state index contributed by atoms with van der Waals surface area (Å²) in [5.74, 6) is 0. The molecule has 0 fully saturated rings. The molecular formula is C23H31Hf+. The first-order valence-corrected chi connectivity index (χ1v) is 7.86. The molecule has 1 heteroatoms. The van der Waals surface area contributed by atoms with Gasteiger partial charge in [0.15, 0.2) is 0 Å². The topological polar surface area (TPSA) is 0 Å². The molecule has 3 rings (SSSR count). The Balaban J connectivity index is 0.00000176. The second-order valence-electron chi connectivity index (χ2n) is 8.31. The minimum Gasteiger partial charge on any atom is -0.358 e. The van der Waals surface area contributed by atoms with Crippen LogP contribution in [-0.2, 0) is 43.1 Å². The van der Waals surface area contributed by atoms with Crippen molar-refractivity contribution in [1.82, 2.24) is 0 Å². The minimum absolute atomic E-state index is 0. The van der Waals surface area contributed by atoms with Gasteiger partial charge in [-0.1, -0.05) is 65.3 Å². The van der Waals surface area contributed by atoms with Crippen LogP contribution in [0.5, 0.6) is 0 Å². The predicted octanol–water partition coefficient (Wildman–Crippen LogP) is 6.55. The van der Waals surface area contributed by atoms with Gasteiger partial charge in [0.2, 0.25) is 0 Å². The Morgan fingerprint density at radius 3 is 1.92 bits per heavy atom. The summed E-state index contributed by atoms with van der Waals surface area (Å²) >= 11 is 0. The van der Waals surface area contributed by atoms with Crippen molar-refractivity contribution in [2.45, 2.75) is 58.8 Å². The molecule has 0 spiro atoms. The standard InChI is InChI=1S/C21H25.2CH3.Hf/c1-20(2,3)16-7-9-18-14(12-16)11-15-13-17(21(4,5)6)8-10-19(15)18;;;/h7-10,12H,11H2,1-6H3;2*1H3;/q3*-1;+4. The maximum Gasteiger partial charge on any atom is 4.00 e. The molecule has 0 amide bonds. The Bertz CT molecular complexity index is 635. The molecule has 0 bridgehead atoms. The zero-order valence-corrected chi connectivity index (χ0v) is 20.2. The van der Waals surface area contributed by atoms with E-state index < -0.39 is 0 Å². The number of fused-ring (bicyclic) bond motifs is 3. The monoisotopic (exact) mass is 487 g/mol. The van der Waals surface area contributed by atoms with E-state index in [9.17, 15) is 0 Å². The Kier molecular flexibility index (Phi) is 7.46. The van der Waals surface area contributed by atoms with E-state index in [1.807, 2.05) is 0 Å². The molecule has 0 unspecified atom stereocenters. The third-order valence-corrected chi connectivity index (χ3v) is 4.46. The second-order valence-corrected chi connectivity index (χ2v) is 8.31. The zero-order chi connectivity index (χ0) is 15.4. The van der Waals surface area contributed by atoms with E-state index in [-0.39, 0.29) is 51.5 Å². The number of hydrogen-bond acceptors (Lipinski definition) is 0. The van der Waals surface area contributed by atoms with Crippen molar-refractivity contribution in [3.63, 3.8) is 0 Å². The smallest absolute Gasteiger partial charge is 0.358 e. The van der Waals surface area contributed by atoms with E-state index in [2.05, 4.69) is 77.9 Å². The van der Waals surface area contributed by atoms with Crippen molar-refractivity contribution in [2.24, 2.45) is 0 Å². The third-order valence-electron chi connectivity index (χ3n) is 4.46. The van der Waals surface area contributed by atoms with E-state index in [0.717, 1.165) is 6.42 Å². The molecule has 0 atom stereocenters. The first-order valence-electron chi connectivity index (χ1n) is 7.86. The van der Waals surface area contributed by atoms with E-state index in [0.29, 0.717) is 0 Å². The molecular weight excluding hydrogens is 455 g/mol. The summed E-state index contributed by atoms with van der Waals surface area (Å²) in [6.07, 6.45) is 1.03. The molecule has 2 aromatic carbocycles. The molecule has 0 saturated heterocycles. The average Bonchev–Trinajstić information content (AvgIpc) is 2.73. The van der Waals surface area contributed by atoms with Gasteiger partial charge in [0, 0.05) is 0 Å². The van der Waals surface area contributed by atoms with Gasteiger partial charge in [0.25, 0.3) is 0 Å². The van der Waals surface area contributed by atoms with Crippen molar-refractivity contribution in [3.05, 3.63) is 73.5 Å². The summed E-state index contributed by atoms with van der Waals surface area (Å²) in [5.41, 5.74) is 8.70. The Hall–Kier alpha value is -0.690. The van der Waals surface area contributed by atoms with E-state index in [1.54, 1.807) is 0 Å². The van der Waals surface area contributed by atoms with Crippen LogP contribution in [-0.4, -0.2) is 0 Å². The fourth-order valence-electron chi connectivity index (χ4n) is 3.03. The molecule has 24 heavy (non-hydrogen) atoms. The molecule has 0 aliphatic heterocycles. The predicted molar refractivity (Wildman–Crippen MR) is 104 cm³/mol. The van der Waals surface area contributed by atoms with Gasteiger partial charge < -0.3 is 14.9 Å². The van der Waals surface area contributed by atoms with Crippen LogP contribution in [0.2, 0.25) is 0 Å². The van der Waals surface area contributed by atoms with E-state index >= 15 is 0 Å². The van der Waals surface area contributed by atoms with Gasteiger partial charge in [-0.2, -0.15) is 23.8 Å². The Morgan fingerprint density at radius 1 is 0.792 bits per heavy atom. The molecule has 0 N–H and O–H groups in total. The summed E-state index contributed by atoms with van der Waals surface area (Å²) < 4.78 is 0. The molecule has 2 aromatic rings. The molecule has 0 nitrogen and oxygen atoms in total. The first kappa shape index (κ1) is 23.3. The molecule has 1 aliphatic rings. The summed E-state index contributed by atoms with van der Waals surface area (Å²) in [6.45, 7) is 13.6. The van der Waals surface area contributed by atoms with Crippen LogP contribution in [0, 0.1) is 20.9 Å². The molecule has 126 valence electrons. The summed E-state index contributed by atoms with van der Waals surface area (Å²) in [4.78, 5) is 0. The van der Waals surface area contributed by atoms with Crippen LogP contribution in [0.4, 0.5) is 0 Å². The number of hydrogen-bond donors (Lipinski definition) is 0. The first-order chi connectivity index (χ1) is 9.66. The quantitative estimate of drug-likeness (QED) is 0.250.